The van der Waals surface area contributed by atoms with Gasteiger partial charge in [-0.15, -0.1) is 0 Å². The molecule has 0 radical (unpaired) electrons. The van der Waals surface area contributed by atoms with Gasteiger partial charge in [0.1, 0.15) is 5.75 Å². The molecule has 2 aromatic carbocycles. The van der Waals surface area contributed by atoms with Crippen LogP contribution in [0.25, 0.3) is 11.0 Å². The summed E-state index contributed by atoms with van der Waals surface area (Å²) >= 11 is 0. The normalized spacial score (nSPS) is 10.6. The Morgan fingerprint density at radius 2 is 1.84 bits per heavy atom. The Bertz CT molecular complexity index is 979. The molecule has 6 nitrogen and oxygen atoms in total. The largest absolute Gasteiger partial charge is 0.492 e. The van der Waals surface area contributed by atoms with E-state index in [0.717, 1.165) is 0 Å². The number of para-hydroxylation sites is 4. The van der Waals surface area contributed by atoms with Gasteiger partial charge in [0.2, 0.25) is 0 Å². The van der Waals surface area contributed by atoms with E-state index in [1.807, 2.05) is 38.1 Å². The molecule has 3 aromatic rings. The Hall–Kier alpha value is -3.15. The van der Waals surface area contributed by atoms with E-state index >= 15 is 0 Å². The Kier molecular flexibility index (Phi) is 4.79. The van der Waals surface area contributed by atoms with Gasteiger partial charge in [0.15, 0.2) is 5.69 Å². The summed E-state index contributed by atoms with van der Waals surface area (Å²) in [6.07, 6.45) is 0. The van der Waals surface area contributed by atoms with E-state index in [1.54, 1.807) is 28.8 Å². The molecule has 1 aromatic heterocycles. The lowest BCUT2D eigenvalue weighted by Gasteiger charge is -2.12. The van der Waals surface area contributed by atoms with Gasteiger partial charge in [-0.1, -0.05) is 24.3 Å². The van der Waals surface area contributed by atoms with Crippen molar-refractivity contribution in [3.05, 3.63) is 64.6 Å². The highest BCUT2D eigenvalue weighted by Gasteiger charge is 2.18. The van der Waals surface area contributed by atoms with Gasteiger partial charge in [0, 0.05) is 6.54 Å². The summed E-state index contributed by atoms with van der Waals surface area (Å²) in [5, 5.41) is 2.73. The first-order chi connectivity index (χ1) is 12.2. The van der Waals surface area contributed by atoms with Gasteiger partial charge in [0.05, 0.1) is 23.3 Å². The van der Waals surface area contributed by atoms with Crippen molar-refractivity contribution in [3.63, 3.8) is 0 Å². The first-order valence-electron chi connectivity index (χ1n) is 8.18. The number of nitrogens with one attached hydrogen (secondary N) is 1. The van der Waals surface area contributed by atoms with Gasteiger partial charge in [-0.05, 0) is 38.1 Å². The van der Waals surface area contributed by atoms with Crippen LogP contribution in [0.5, 0.6) is 5.75 Å². The molecule has 1 N–H and O–H groups in total. The molecule has 0 aliphatic rings. The zero-order valence-corrected chi connectivity index (χ0v) is 14.2. The number of aryl methyl sites for hydroxylation is 1. The average Bonchev–Trinajstić information content (AvgIpc) is 2.63. The van der Waals surface area contributed by atoms with Crippen molar-refractivity contribution in [2.45, 2.75) is 20.4 Å². The summed E-state index contributed by atoms with van der Waals surface area (Å²) in [4.78, 5) is 29.6. The lowest BCUT2D eigenvalue weighted by atomic mass is 10.2. The van der Waals surface area contributed by atoms with Crippen molar-refractivity contribution < 1.29 is 9.53 Å². The summed E-state index contributed by atoms with van der Waals surface area (Å²) < 4.78 is 7.05. The number of fused-ring (bicyclic) bond motifs is 1. The minimum absolute atomic E-state index is 0.133. The van der Waals surface area contributed by atoms with Crippen molar-refractivity contribution in [1.82, 2.24) is 9.55 Å². The Morgan fingerprint density at radius 3 is 2.60 bits per heavy atom. The van der Waals surface area contributed by atoms with E-state index in [-0.39, 0.29) is 5.69 Å². The predicted octanol–water partition coefficient (Wildman–Crippen LogP) is 3.07. The van der Waals surface area contributed by atoms with Gasteiger partial charge < -0.3 is 14.6 Å². The minimum Gasteiger partial charge on any atom is -0.492 e. The number of hydrogen-bond acceptors (Lipinski definition) is 4. The number of nitrogens with zero attached hydrogens (tertiary/aromatic N) is 2. The Labute approximate surface area is 145 Å². The lowest BCUT2D eigenvalue weighted by Crippen LogP contribution is -2.31. The minimum atomic E-state index is -0.551. The topological polar surface area (TPSA) is 73.2 Å². The molecule has 0 saturated heterocycles. The maximum atomic E-state index is 12.7. The molecule has 0 spiro atoms. The molecule has 0 unspecified atom stereocenters. The summed E-state index contributed by atoms with van der Waals surface area (Å²) in [6, 6.07) is 14.4. The molecule has 0 aliphatic heterocycles. The highest BCUT2D eigenvalue weighted by atomic mass is 16.5. The fraction of sp³-hybridized carbons (Fsp3) is 0.211. The van der Waals surface area contributed by atoms with Gasteiger partial charge in [0.25, 0.3) is 11.5 Å². The fourth-order valence-corrected chi connectivity index (χ4v) is 2.69. The number of anilines is 1. The number of benzene rings is 2. The third-order valence-electron chi connectivity index (χ3n) is 3.82. The SMILES string of the molecule is CCOc1ccccc1NC(=O)c1nc2ccccc2n(CC)c1=O. The number of carbonyl (C=O) groups excluding carboxylic acids is 1. The quantitative estimate of drug-likeness (QED) is 0.776. The van der Waals surface area contributed by atoms with Crippen molar-refractivity contribution >= 4 is 22.6 Å². The summed E-state index contributed by atoms with van der Waals surface area (Å²) in [7, 11) is 0. The monoisotopic (exact) mass is 337 g/mol. The number of hydrogen-bond donors (Lipinski definition) is 1. The van der Waals surface area contributed by atoms with Crippen molar-refractivity contribution in [1.29, 1.82) is 0 Å². The Balaban J connectivity index is 2.04. The number of aromatic nitrogens is 2. The summed E-state index contributed by atoms with van der Waals surface area (Å²) in [5.74, 6) is 0.0000577. The third kappa shape index (κ3) is 3.24. The van der Waals surface area contributed by atoms with E-state index in [9.17, 15) is 9.59 Å². The maximum absolute atomic E-state index is 12.7. The van der Waals surface area contributed by atoms with Crippen LogP contribution in [0.2, 0.25) is 0 Å². The number of carbonyl (C=O) groups is 1. The molecule has 6 heteroatoms. The van der Waals surface area contributed by atoms with Crippen molar-refractivity contribution in [3.8, 4) is 5.75 Å². The average molecular weight is 337 g/mol. The van der Waals surface area contributed by atoms with E-state index < -0.39 is 11.5 Å². The van der Waals surface area contributed by atoms with Crippen LogP contribution < -0.4 is 15.6 Å². The highest BCUT2D eigenvalue weighted by molar-refractivity contribution is 6.04. The van der Waals surface area contributed by atoms with E-state index in [4.69, 9.17) is 4.74 Å². The van der Waals surface area contributed by atoms with Crippen LogP contribution >= 0.6 is 0 Å². The lowest BCUT2D eigenvalue weighted by molar-refractivity contribution is 0.102. The second kappa shape index (κ2) is 7.17. The van der Waals surface area contributed by atoms with Crippen LogP contribution in [0, 0.1) is 0 Å². The zero-order chi connectivity index (χ0) is 17.8. The van der Waals surface area contributed by atoms with Crippen LogP contribution in [0.4, 0.5) is 5.69 Å². The molecule has 3 rings (SSSR count). The van der Waals surface area contributed by atoms with Gasteiger partial charge in [-0.2, -0.15) is 0 Å². The fourth-order valence-electron chi connectivity index (χ4n) is 2.69. The molecule has 0 atom stereocenters. The maximum Gasteiger partial charge on any atom is 0.282 e. The summed E-state index contributed by atoms with van der Waals surface area (Å²) in [6.45, 7) is 4.66. The molecule has 0 aliphatic carbocycles. The van der Waals surface area contributed by atoms with Gasteiger partial charge in [-0.25, -0.2) is 4.98 Å². The molecule has 0 fully saturated rings. The van der Waals surface area contributed by atoms with Crippen LogP contribution in [0.3, 0.4) is 0 Å². The van der Waals surface area contributed by atoms with Gasteiger partial charge in [-0.3, -0.25) is 9.59 Å². The molecule has 128 valence electrons. The first kappa shape index (κ1) is 16.7. The highest BCUT2D eigenvalue weighted by Crippen LogP contribution is 2.24. The second-order valence-electron chi connectivity index (χ2n) is 5.38. The first-order valence-corrected chi connectivity index (χ1v) is 8.18. The van der Waals surface area contributed by atoms with Crippen molar-refractivity contribution in [2.24, 2.45) is 0 Å². The van der Waals surface area contributed by atoms with E-state index in [0.29, 0.717) is 35.6 Å². The molecule has 0 saturated carbocycles. The van der Waals surface area contributed by atoms with Crippen LogP contribution in [0.1, 0.15) is 24.3 Å². The Morgan fingerprint density at radius 1 is 1.12 bits per heavy atom. The molecule has 0 bridgehead atoms. The molecular formula is C19H19N3O3. The van der Waals surface area contributed by atoms with E-state index in [1.165, 1.54) is 0 Å². The third-order valence-corrected chi connectivity index (χ3v) is 3.82. The molecular weight excluding hydrogens is 318 g/mol. The second-order valence-corrected chi connectivity index (χ2v) is 5.38. The van der Waals surface area contributed by atoms with E-state index in [2.05, 4.69) is 10.3 Å². The predicted molar refractivity (Wildman–Crippen MR) is 97.2 cm³/mol. The van der Waals surface area contributed by atoms with Crippen LogP contribution in [-0.2, 0) is 6.54 Å². The molecule has 1 amide bonds. The van der Waals surface area contributed by atoms with Crippen LogP contribution in [0.15, 0.2) is 53.3 Å². The van der Waals surface area contributed by atoms with Gasteiger partial charge >= 0.3 is 0 Å². The molecule has 25 heavy (non-hydrogen) atoms. The molecule has 1 heterocycles. The zero-order valence-electron chi connectivity index (χ0n) is 14.2. The summed E-state index contributed by atoms with van der Waals surface area (Å²) in [5.41, 5.74) is 1.28. The number of rotatable bonds is 5. The number of ether oxygens (including phenoxy) is 1. The van der Waals surface area contributed by atoms with Crippen molar-refractivity contribution in [2.75, 3.05) is 11.9 Å². The number of amides is 1. The standard InChI is InChI=1S/C19H19N3O3/c1-3-22-15-11-7-5-9-13(15)20-17(19(22)24)18(23)21-14-10-6-8-12-16(14)25-4-2/h5-12H,3-4H2,1-2H3,(H,21,23). The smallest absolute Gasteiger partial charge is 0.282 e. The van der Waals surface area contributed by atoms with Crippen LogP contribution in [-0.4, -0.2) is 22.1 Å².